The molecule has 0 aromatic heterocycles. The molecule has 6 nitrogen and oxygen atoms in total. The van der Waals surface area contributed by atoms with E-state index in [4.69, 9.17) is 0 Å². The molecule has 166 valence electrons. The summed E-state index contributed by atoms with van der Waals surface area (Å²) in [6.45, 7) is 6.49. The Kier molecular flexibility index (Phi) is 8.39. The van der Waals surface area contributed by atoms with Crippen LogP contribution < -0.4 is 10.6 Å². The second kappa shape index (κ2) is 10.8. The van der Waals surface area contributed by atoms with Crippen molar-refractivity contribution in [2.45, 2.75) is 37.5 Å². The SMILES string of the molecule is CN=C(NCCN1CCN(C(=O)C2CCC2)CC1)NCC1(c2ccccc2)CC1.I. The van der Waals surface area contributed by atoms with E-state index in [1.54, 1.807) is 0 Å². The molecule has 0 spiro atoms. The number of benzene rings is 1. The second-order valence-electron chi connectivity index (χ2n) is 8.79. The molecule has 2 aliphatic carbocycles. The number of hydrogen-bond donors (Lipinski definition) is 2. The van der Waals surface area contributed by atoms with Crippen molar-refractivity contribution in [3.05, 3.63) is 35.9 Å². The molecule has 1 aromatic carbocycles. The van der Waals surface area contributed by atoms with Gasteiger partial charge in [0.2, 0.25) is 5.91 Å². The summed E-state index contributed by atoms with van der Waals surface area (Å²) in [5, 5.41) is 6.98. The van der Waals surface area contributed by atoms with Crippen molar-refractivity contribution in [2.24, 2.45) is 10.9 Å². The number of nitrogens with zero attached hydrogens (tertiary/aromatic N) is 3. The van der Waals surface area contributed by atoms with Gasteiger partial charge in [-0.05, 0) is 31.2 Å². The highest BCUT2D eigenvalue weighted by Gasteiger charge is 2.44. The molecule has 0 unspecified atom stereocenters. The van der Waals surface area contributed by atoms with Gasteiger partial charge >= 0.3 is 0 Å². The third-order valence-corrected chi connectivity index (χ3v) is 6.92. The summed E-state index contributed by atoms with van der Waals surface area (Å²) in [5.74, 6) is 1.60. The molecule has 1 heterocycles. The summed E-state index contributed by atoms with van der Waals surface area (Å²) in [5.41, 5.74) is 1.71. The van der Waals surface area contributed by atoms with Gasteiger partial charge in [0.15, 0.2) is 5.96 Å². The van der Waals surface area contributed by atoms with Crippen LogP contribution in [-0.2, 0) is 10.2 Å². The summed E-state index contributed by atoms with van der Waals surface area (Å²) in [4.78, 5) is 21.3. The van der Waals surface area contributed by atoms with E-state index < -0.39 is 0 Å². The number of amides is 1. The molecule has 3 fully saturated rings. The van der Waals surface area contributed by atoms with Crippen molar-refractivity contribution < 1.29 is 4.79 Å². The zero-order chi connectivity index (χ0) is 20.1. The lowest BCUT2D eigenvalue weighted by Crippen LogP contribution is -2.52. The fourth-order valence-corrected chi connectivity index (χ4v) is 4.42. The summed E-state index contributed by atoms with van der Waals surface area (Å²) in [7, 11) is 1.84. The number of aliphatic imine (C=N–C) groups is 1. The minimum absolute atomic E-state index is 0. The summed E-state index contributed by atoms with van der Waals surface area (Å²) in [6.07, 6.45) is 5.90. The first kappa shape index (κ1) is 23.3. The number of piperazine rings is 1. The van der Waals surface area contributed by atoms with Crippen LogP contribution in [0.4, 0.5) is 0 Å². The molecule has 3 aliphatic rings. The largest absolute Gasteiger partial charge is 0.356 e. The van der Waals surface area contributed by atoms with Crippen molar-refractivity contribution in [1.29, 1.82) is 0 Å². The Balaban J connectivity index is 0.00000256. The average molecular weight is 525 g/mol. The first-order chi connectivity index (χ1) is 14.2. The zero-order valence-corrected chi connectivity index (χ0v) is 20.4. The summed E-state index contributed by atoms with van der Waals surface area (Å²) in [6, 6.07) is 10.8. The van der Waals surface area contributed by atoms with Gasteiger partial charge in [-0.1, -0.05) is 36.8 Å². The Bertz CT molecular complexity index is 710. The highest BCUT2D eigenvalue weighted by atomic mass is 127. The van der Waals surface area contributed by atoms with Crippen LogP contribution in [0.5, 0.6) is 0 Å². The molecule has 2 saturated carbocycles. The average Bonchev–Trinajstić information content (AvgIpc) is 3.51. The van der Waals surface area contributed by atoms with Crippen molar-refractivity contribution in [3.63, 3.8) is 0 Å². The van der Waals surface area contributed by atoms with Gasteiger partial charge in [0.1, 0.15) is 0 Å². The van der Waals surface area contributed by atoms with Gasteiger partial charge in [-0.2, -0.15) is 0 Å². The van der Waals surface area contributed by atoms with E-state index in [0.717, 1.165) is 64.6 Å². The third kappa shape index (κ3) is 5.66. The van der Waals surface area contributed by atoms with E-state index in [1.807, 2.05) is 7.05 Å². The Hall–Kier alpha value is -1.35. The lowest BCUT2D eigenvalue weighted by molar-refractivity contribution is -0.139. The molecule has 0 atom stereocenters. The third-order valence-electron chi connectivity index (χ3n) is 6.92. The summed E-state index contributed by atoms with van der Waals surface area (Å²) >= 11 is 0. The maximum absolute atomic E-state index is 12.4. The Labute approximate surface area is 197 Å². The highest BCUT2D eigenvalue weighted by Crippen LogP contribution is 2.47. The zero-order valence-electron chi connectivity index (χ0n) is 18.1. The van der Waals surface area contributed by atoms with Crippen LogP contribution in [0.3, 0.4) is 0 Å². The molecule has 30 heavy (non-hydrogen) atoms. The van der Waals surface area contributed by atoms with Crippen LogP contribution in [0.25, 0.3) is 0 Å². The molecular weight excluding hydrogens is 489 g/mol. The minimum atomic E-state index is 0. The van der Waals surface area contributed by atoms with E-state index >= 15 is 0 Å². The van der Waals surface area contributed by atoms with Crippen LogP contribution in [0.1, 0.15) is 37.7 Å². The summed E-state index contributed by atoms with van der Waals surface area (Å²) < 4.78 is 0. The highest BCUT2D eigenvalue weighted by molar-refractivity contribution is 14.0. The molecule has 1 saturated heterocycles. The minimum Gasteiger partial charge on any atom is -0.356 e. The van der Waals surface area contributed by atoms with E-state index in [0.29, 0.717) is 11.8 Å². The van der Waals surface area contributed by atoms with E-state index in [1.165, 1.54) is 24.8 Å². The Morgan fingerprint density at radius 3 is 2.37 bits per heavy atom. The topological polar surface area (TPSA) is 60.0 Å². The van der Waals surface area contributed by atoms with Gasteiger partial charge < -0.3 is 15.5 Å². The number of guanidine groups is 1. The molecule has 4 rings (SSSR count). The van der Waals surface area contributed by atoms with Crippen molar-refractivity contribution in [3.8, 4) is 0 Å². The fourth-order valence-electron chi connectivity index (χ4n) is 4.42. The monoisotopic (exact) mass is 525 g/mol. The van der Waals surface area contributed by atoms with E-state index in [2.05, 4.69) is 55.8 Å². The van der Waals surface area contributed by atoms with Crippen LogP contribution >= 0.6 is 24.0 Å². The van der Waals surface area contributed by atoms with Gasteiger partial charge in [-0.25, -0.2) is 0 Å². The molecule has 2 N–H and O–H groups in total. The number of rotatable bonds is 7. The Morgan fingerprint density at radius 2 is 1.80 bits per heavy atom. The van der Waals surface area contributed by atoms with Crippen LogP contribution in [0.15, 0.2) is 35.3 Å². The van der Waals surface area contributed by atoms with Gasteiger partial charge in [0, 0.05) is 64.2 Å². The van der Waals surface area contributed by atoms with E-state index in [-0.39, 0.29) is 29.4 Å². The standard InChI is InChI=1S/C23H35N5O.HI/c1-24-22(26-18-23(10-11-23)20-8-3-2-4-9-20)25-12-13-27-14-16-28(17-15-27)21(29)19-6-5-7-19;/h2-4,8-9,19H,5-7,10-18H2,1H3,(H2,24,25,26);1H. The van der Waals surface area contributed by atoms with E-state index in [9.17, 15) is 4.79 Å². The first-order valence-electron chi connectivity index (χ1n) is 11.2. The predicted molar refractivity (Wildman–Crippen MR) is 132 cm³/mol. The maximum atomic E-state index is 12.4. The van der Waals surface area contributed by atoms with Crippen molar-refractivity contribution in [1.82, 2.24) is 20.4 Å². The number of nitrogens with one attached hydrogen (secondary N) is 2. The van der Waals surface area contributed by atoms with Gasteiger partial charge in [-0.15, -0.1) is 24.0 Å². The number of hydrogen-bond acceptors (Lipinski definition) is 3. The Morgan fingerprint density at radius 1 is 1.10 bits per heavy atom. The van der Waals surface area contributed by atoms with Gasteiger partial charge in [0.05, 0.1) is 0 Å². The second-order valence-corrected chi connectivity index (χ2v) is 8.79. The van der Waals surface area contributed by atoms with Crippen LogP contribution in [-0.4, -0.2) is 74.5 Å². The van der Waals surface area contributed by atoms with Gasteiger partial charge in [-0.3, -0.25) is 14.7 Å². The number of carbonyl (C=O) groups is 1. The molecule has 1 aliphatic heterocycles. The van der Waals surface area contributed by atoms with Crippen molar-refractivity contribution in [2.75, 3.05) is 52.9 Å². The van der Waals surface area contributed by atoms with Crippen LogP contribution in [0.2, 0.25) is 0 Å². The maximum Gasteiger partial charge on any atom is 0.225 e. The molecule has 7 heteroatoms. The molecule has 0 radical (unpaired) electrons. The van der Waals surface area contributed by atoms with Crippen molar-refractivity contribution >= 4 is 35.8 Å². The van der Waals surface area contributed by atoms with Gasteiger partial charge in [0.25, 0.3) is 0 Å². The molecule has 1 aromatic rings. The normalized spacial score (nSPS) is 21.4. The lowest BCUT2D eigenvalue weighted by atomic mass is 9.84. The lowest BCUT2D eigenvalue weighted by Gasteiger charge is -2.38. The molecule has 1 amide bonds. The first-order valence-corrected chi connectivity index (χ1v) is 11.2. The quantitative estimate of drug-likeness (QED) is 0.326. The number of halogens is 1. The van der Waals surface area contributed by atoms with Crippen LogP contribution in [0, 0.1) is 5.92 Å². The molecular formula is C23H36IN5O. The number of carbonyl (C=O) groups excluding carboxylic acids is 1. The smallest absolute Gasteiger partial charge is 0.225 e. The molecule has 0 bridgehead atoms. The fraction of sp³-hybridized carbons (Fsp3) is 0.652. The predicted octanol–water partition coefficient (Wildman–Crippen LogP) is 2.45.